The van der Waals surface area contributed by atoms with Gasteiger partial charge in [0.1, 0.15) is 6.61 Å². The maximum Gasteiger partial charge on any atom is 0.247 e. The first kappa shape index (κ1) is 26.7. The minimum absolute atomic E-state index is 0.131. The minimum Gasteiger partial charge on any atom is -0.493 e. The molecule has 200 valence electrons. The van der Waals surface area contributed by atoms with Gasteiger partial charge < -0.3 is 33.3 Å². The highest BCUT2D eigenvalue weighted by atomic mass is 16.5. The summed E-state index contributed by atoms with van der Waals surface area (Å²) in [4.78, 5) is 15.3. The Morgan fingerprint density at radius 3 is 2.08 bits per heavy atom. The molecule has 8 nitrogen and oxygen atoms in total. The van der Waals surface area contributed by atoms with E-state index in [4.69, 9.17) is 28.4 Å². The minimum atomic E-state index is -0.356. The molecule has 0 aromatic heterocycles. The summed E-state index contributed by atoms with van der Waals surface area (Å²) in [7, 11) is 7.98. The molecule has 0 saturated heterocycles. The Hall–Kier alpha value is -4.33. The van der Waals surface area contributed by atoms with Crippen LogP contribution in [-0.2, 0) is 11.2 Å². The Morgan fingerprint density at radius 2 is 1.39 bits per heavy atom. The van der Waals surface area contributed by atoms with E-state index < -0.39 is 0 Å². The van der Waals surface area contributed by atoms with Crippen molar-refractivity contribution in [3.8, 4) is 34.5 Å². The molecule has 3 aromatic rings. The molecular formula is C30H33NO7. The third-order valence-electron chi connectivity index (χ3n) is 6.58. The number of carbonyl (C=O) groups excluding carboxylic acids is 1. The van der Waals surface area contributed by atoms with Gasteiger partial charge in [-0.3, -0.25) is 4.79 Å². The predicted octanol–water partition coefficient (Wildman–Crippen LogP) is 4.95. The molecule has 38 heavy (non-hydrogen) atoms. The zero-order chi connectivity index (χ0) is 27.1. The Balaban J connectivity index is 1.65. The van der Waals surface area contributed by atoms with Gasteiger partial charge in [0.15, 0.2) is 34.5 Å². The Kier molecular flexibility index (Phi) is 8.63. The van der Waals surface area contributed by atoms with Crippen LogP contribution in [0.3, 0.4) is 0 Å². The Bertz CT molecular complexity index is 1300. The fourth-order valence-electron chi connectivity index (χ4n) is 4.60. The van der Waals surface area contributed by atoms with Crippen LogP contribution in [0, 0.1) is 0 Å². The number of hydrogen-bond acceptors (Lipinski definition) is 7. The number of carbonyl (C=O) groups is 1. The molecular weight excluding hydrogens is 486 g/mol. The molecule has 1 heterocycles. The topological polar surface area (TPSA) is 75.7 Å². The van der Waals surface area contributed by atoms with E-state index in [0.717, 1.165) is 16.7 Å². The van der Waals surface area contributed by atoms with Crippen LogP contribution in [0.1, 0.15) is 22.7 Å². The van der Waals surface area contributed by atoms with Crippen LogP contribution in [0.4, 0.5) is 0 Å². The lowest BCUT2D eigenvalue weighted by atomic mass is 9.92. The molecule has 0 bridgehead atoms. The molecule has 0 radical (unpaired) electrons. The number of benzene rings is 3. The average Bonchev–Trinajstić information content (AvgIpc) is 2.97. The van der Waals surface area contributed by atoms with Crippen LogP contribution in [-0.4, -0.2) is 59.5 Å². The van der Waals surface area contributed by atoms with Gasteiger partial charge in [-0.25, -0.2) is 0 Å². The molecule has 8 heteroatoms. The number of methoxy groups -OCH3 is 5. The van der Waals surface area contributed by atoms with Crippen LogP contribution >= 0.6 is 0 Å². The van der Waals surface area contributed by atoms with Crippen LogP contribution in [0.5, 0.6) is 34.5 Å². The monoisotopic (exact) mass is 519 g/mol. The van der Waals surface area contributed by atoms with Crippen molar-refractivity contribution in [2.75, 3.05) is 48.7 Å². The average molecular weight is 520 g/mol. The highest BCUT2D eigenvalue weighted by Crippen LogP contribution is 2.39. The molecule has 1 unspecified atom stereocenters. The number of fused-ring (bicyclic) bond motifs is 1. The number of rotatable bonds is 10. The SMILES string of the molecule is COc1ccc(/C=C/C(=O)N2CCc3cc(OC)c(OC)cc3C2COc2ccccc2OC)cc1OC. The lowest BCUT2D eigenvalue weighted by Gasteiger charge is -2.37. The van der Waals surface area contributed by atoms with Crippen LogP contribution < -0.4 is 28.4 Å². The maximum absolute atomic E-state index is 13.5. The number of ether oxygens (including phenoxy) is 6. The fourth-order valence-corrected chi connectivity index (χ4v) is 4.60. The molecule has 0 N–H and O–H groups in total. The Labute approximate surface area is 223 Å². The fraction of sp³-hybridized carbons (Fsp3) is 0.300. The van der Waals surface area contributed by atoms with Crippen LogP contribution in [0.25, 0.3) is 6.08 Å². The van der Waals surface area contributed by atoms with Crippen molar-refractivity contribution in [1.82, 2.24) is 4.90 Å². The molecule has 0 fully saturated rings. The van der Waals surface area contributed by atoms with E-state index in [-0.39, 0.29) is 18.6 Å². The summed E-state index contributed by atoms with van der Waals surface area (Å²) in [5.41, 5.74) is 2.86. The zero-order valence-corrected chi connectivity index (χ0v) is 22.4. The normalized spacial score (nSPS) is 14.6. The Morgan fingerprint density at radius 1 is 0.789 bits per heavy atom. The second kappa shape index (κ2) is 12.3. The van der Waals surface area contributed by atoms with Gasteiger partial charge in [0, 0.05) is 12.6 Å². The standard InChI is InChI=1S/C30H33NO7/c1-33-24-8-6-7-9-26(24)38-19-23-22-18-29(37-5)28(36-4)17-21(22)14-15-31(23)30(32)13-11-20-10-12-25(34-2)27(16-20)35-3/h6-13,16-18,23H,14-15,19H2,1-5H3/b13-11+. The molecule has 0 spiro atoms. The molecule has 1 amide bonds. The second-order valence-corrected chi connectivity index (χ2v) is 8.61. The van der Waals surface area contributed by atoms with Crippen molar-refractivity contribution in [1.29, 1.82) is 0 Å². The van der Waals surface area contributed by atoms with Crippen molar-refractivity contribution in [3.63, 3.8) is 0 Å². The summed E-state index contributed by atoms with van der Waals surface area (Å²) >= 11 is 0. The van der Waals surface area contributed by atoms with Gasteiger partial charge in [-0.1, -0.05) is 18.2 Å². The molecule has 1 aliphatic rings. The van der Waals surface area contributed by atoms with E-state index in [1.807, 2.05) is 59.5 Å². The zero-order valence-electron chi connectivity index (χ0n) is 22.4. The highest BCUT2D eigenvalue weighted by Gasteiger charge is 2.32. The molecule has 1 atom stereocenters. The second-order valence-electron chi connectivity index (χ2n) is 8.61. The lowest BCUT2D eigenvalue weighted by molar-refractivity contribution is -0.129. The van der Waals surface area contributed by atoms with Crippen molar-refractivity contribution in [2.24, 2.45) is 0 Å². The number of hydrogen-bond donors (Lipinski definition) is 0. The van der Waals surface area contributed by atoms with E-state index in [2.05, 4.69) is 0 Å². The van der Waals surface area contributed by atoms with Crippen molar-refractivity contribution < 1.29 is 33.2 Å². The molecule has 1 aliphatic heterocycles. The van der Waals surface area contributed by atoms with Gasteiger partial charge in [0.2, 0.25) is 5.91 Å². The summed E-state index contributed by atoms with van der Waals surface area (Å²) in [6.45, 7) is 0.760. The lowest BCUT2D eigenvalue weighted by Crippen LogP contribution is -2.41. The number of nitrogens with zero attached hydrogens (tertiary/aromatic N) is 1. The van der Waals surface area contributed by atoms with E-state index in [9.17, 15) is 4.79 Å². The third-order valence-corrected chi connectivity index (χ3v) is 6.58. The number of amides is 1. The smallest absolute Gasteiger partial charge is 0.247 e. The van der Waals surface area contributed by atoms with Gasteiger partial charge in [-0.05, 0) is 65.6 Å². The predicted molar refractivity (Wildman–Crippen MR) is 145 cm³/mol. The molecule has 0 aliphatic carbocycles. The third kappa shape index (κ3) is 5.64. The van der Waals surface area contributed by atoms with E-state index in [0.29, 0.717) is 47.5 Å². The van der Waals surface area contributed by atoms with E-state index >= 15 is 0 Å². The van der Waals surface area contributed by atoms with E-state index in [1.165, 1.54) is 0 Å². The molecule has 3 aromatic carbocycles. The largest absolute Gasteiger partial charge is 0.493 e. The summed E-state index contributed by atoms with van der Waals surface area (Å²) in [6, 6.07) is 16.5. The van der Waals surface area contributed by atoms with Crippen molar-refractivity contribution in [2.45, 2.75) is 12.5 Å². The maximum atomic E-state index is 13.5. The van der Waals surface area contributed by atoms with Gasteiger partial charge in [0.25, 0.3) is 0 Å². The van der Waals surface area contributed by atoms with Crippen molar-refractivity contribution in [3.05, 3.63) is 77.4 Å². The quantitative estimate of drug-likeness (QED) is 0.351. The van der Waals surface area contributed by atoms with Crippen LogP contribution in [0.2, 0.25) is 0 Å². The first-order valence-electron chi connectivity index (χ1n) is 12.2. The van der Waals surface area contributed by atoms with E-state index in [1.54, 1.807) is 47.7 Å². The van der Waals surface area contributed by atoms with Gasteiger partial charge >= 0.3 is 0 Å². The summed E-state index contributed by atoms with van der Waals surface area (Å²) < 4.78 is 33.4. The van der Waals surface area contributed by atoms with Gasteiger partial charge in [-0.15, -0.1) is 0 Å². The molecule has 0 saturated carbocycles. The summed E-state index contributed by atoms with van der Waals surface area (Å²) in [5.74, 6) is 3.58. The van der Waals surface area contributed by atoms with Gasteiger partial charge in [0.05, 0.1) is 41.6 Å². The first-order chi connectivity index (χ1) is 18.5. The summed E-state index contributed by atoms with van der Waals surface area (Å²) in [6.07, 6.45) is 4.02. The van der Waals surface area contributed by atoms with Crippen LogP contribution in [0.15, 0.2) is 60.7 Å². The first-order valence-corrected chi connectivity index (χ1v) is 12.2. The highest BCUT2D eigenvalue weighted by molar-refractivity contribution is 5.92. The number of para-hydroxylation sites is 2. The van der Waals surface area contributed by atoms with Crippen molar-refractivity contribution >= 4 is 12.0 Å². The summed E-state index contributed by atoms with van der Waals surface area (Å²) in [5, 5.41) is 0. The van der Waals surface area contributed by atoms with Gasteiger partial charge in [-0.2, -0.15) is 0 Å². The molecule has 4 rings (SSSR count).